The fourth-order valence-electron chi connectivity index (χ4n) is 1.26. The summed E-state index contributed by atoms with van der Waals surface area (Å²) < 4.78 is 0. The van der Waals surface area contributed by atoms with Crippen LogP contribution in [0.2, 0.25) is 5.02 Å². The van der Waals surface area contributed by atoms with Gasteiger partial charge in [-0.1, -0.05) is 30.3 Å². The molecule has 1 N–H and O–H groups in total. The quantitative estimate of drug-likeness (QED) is 0.606. The van der Waals surface area contributed by atoms with E-state index in [-0.39, 0.29) is 5.54 Å². The number of hydrogen-bond donors (Lipinski definition) is 1. The number of aliphatic imine (C=N–C) groups is 1. The van der Waals surface area contributed by atoms with Gasteiger partial charge >= 0.3 is 0 Å². The van der Waals surface area contributed by atoms with Crippen LogP contribution < -0.4 is 5.32 Å². The Balaban J connectivity index is 3.01. The zero-order valence-electron chi connectivity index (χ0n) is 10.8. The molecule has 1 aromatic carbocycles. The first-order valence-electron chi connectivity index (χ1n) is 5.57. The number of hydrogen-bond acceptors (Lipinski definition) is 1. The average Bonchev–Trinajstić information content (AvgIpc) is 2.18. The lowest BCUT2D eigenvalue weighted by Crippen LogP contribution is -2.20. The first kappa shape index (κ1) is 13.8. The number of amidine groups is 1. The van der Waals surface area contributed by atoms with Crippen molar-refractivity contribution in [1.29, 1.82) is 0 Å². The second-order valence-electron chi connectivity index (χ2n) is 5.02. The van der Waals surface area contributed by atoms with Crippen molar-refractivity contribution in [2.45, 2.75) is 33.2 Å². The van der Waals surface area contributed by atoms with Crippen molar-refractivity contribution in [3.8, 4) is 0 Å². The summed E-state index contributed by atoms with van der Waals surface area (Å²) in [6.45, 7) is 12.0. The molecule has 1 aromatic rings. The fourth-order valence-corrected chi connectivity index (χ4v) is 1.44. The summed E-state index contributed by atoms with van der Waals surface area (Å²) in [4.78, 5) is 4.59. The minimum absolute atomic E-state index is 0.150. The third-order valence-corrected chi connectivity index (χ3v) is 2.31. The van der Waals surface area contributed by atoms with Crippen molar-refractivity contribution in [2.24, 2.45) is 4.99 Å². The lowest BCUT2D eigenvalue weighted by atomic mass is 10.1. The minimum atomic E-state index is -0.150. The third kappa shape index (κ3) is 4.61. The van der Waals surface area contributed by atoms with Gasteiger partial charge in [-0.25, -0.2) is 0 Å². The van der Waals surface area contributed by atoms with E-state index in [0.717, 1.165) is 17.1 Å². The number of nitrogens with one attached hydrogen (secondary N) is 1. The molecule has 1 rings (SSSR count). The summed E-state index contributed by atoms with van der Waals surface area (Å²) in [6, 6.07) is 7.59. The summed E-state index contributed by atoms with van der Waals surface area (Å²) in [6.07, 6.45) is 0. The predicted octanol–water partition coefficient (Wildman–Crippen LogP) is 4.53. The molecule has 3 heteroatoms. The fraction of sp³-hybridized carbons (Fsp3) is 0.357. The number of anilines is 1. The van der Waals surface area contributed by atoms with Gasteiger partial charge in [0.05, 0.1) is 16.2 Å². The largest absolute Gasteiger partial charge is 0.339 e. The highest BCUT2D eigenvalue weighted by Crippen LogP contribution is 2.22. The smallest absolute Gasteiger partial charge is 0.128 e. The van der Waals surface area contributed by atoms with E-state index in [4.69, 9.17) is 11.6 Å². The molecule has 0 aliphatic rings. The van der Waals surface area contributed by atoms with Crippen molar-refractivity contribution < 1.29 is 0 Å². The van der Waals surface area contributed by atoms with Crippen LogP contribution in [0.25, 0.3) is 0 Å². The molecule has 0 saturated carbocycles. The Labute approximate surface area is 108 Å². The number of halogens is 1. The molecule has 17 heavy (non-hydrogen) atoms. The molecule has 0 spiro atoms. The van der Waals surface area contributed by atoms with E-state index in [1.807, 2.05) is 52.0 Å². The first-order chi connectivity index (χ1) is 7.79. The van der Waals surface area contributed by atoms with Gasteiger partial charge in [-0.05, 0) is 45.4 Å². The van der Waals surface area contributed by atoms with Gasteiger partial charge in [0.2, 0.25) is 0 Å². The molecular formula is C14H19ClN2. The van der Waals surface area contributed by atoms with Crippen molar-refractivity contribution in [1.82, 2.24) is 0 Å². The highest BCUT2D eigenvalue weighted by atomic mass is 35.5. The molecule has 0 aromatic heterocycles. The van der Waals surface area contributed by atoms with E-state index in [9.17, 15) is 0 Å². The zero-order valence-corrected chi connectivity index (χ0v) is 11.6. The van der Waals surface area contributed by atoms with E-state index < -0.39 is 0 Å². The van der Waals surface area contributed by atoms with Crippen LogP contribution in [0.1, 0.15) is 27.7 Å². The molecule has 0 unspecified atom stereocenters. The Morgan fingerprint density at radius 2 is 1.88 bits per heavy atom. The second-order valence-corrected chi connectivity index (χ2v) is 5.42. The molecule has 0 fully saturated rings. The van der Waals surface area contributed by atoms with Crippen LogP contribution in [-0.2, 0) is 0 Å². The Bertz CT molecular complexity index is 442. The summed E-state index contributed by atoms with van der Waals surface area (Å²) in [7, 11) is 0. The van der Waals surface area contributed by atoms with Gasteiger partial charge in [-0.2, -0.15) is 0 Å². The highest BCUT2D eigenvalue weighted by Gasteiger charge is 2.11. The van der Waals surface area contributed by atoms with Crippen LogP contribution >= 0.6 is 11.6 Å². The van der Waals surface area contributed by atoms with Gasteiger partial charge in [-0.15, -0.1) is 0 Å². The van der Waals surface area contributed by atoms with Crippen LogP contribution in [0.5, 0.6) is 0 Å². The number of benzene rings is 1. The summed E-state index contributed by atoms with van der Waals surface area (Å²) in [5.41, 5.74) is 1.59. The van der Waals surface area contributed by atoms with Crippen molar-refractivity contribution in [3.05, 3.63) is 41.4 Å². The van der Waals surface area contributed by atoms with Crippen LogP contribution in [-0.4, -0.2) is 11.4 Å². The van der Waals surface area contributed by atoms with Gasteiger partial charge in [0, 0.05) is 0 Å². The van der Waals surface area contributed by atoms with Crippen molar-refractivity contribution in [3.63, 3.8) is 0 Å². The van der Waals surface area contributed by atoms with Gasteiger partial charge in [0.25, 0.3) is 0 Å². The molecule has 0 radical (unpaired) electrons. The van der Waals surface area contributed by atoms with Gasteiger partial charge in [0.1, 0.15) is 5.84 Å². The van der Waals surface area contributed by atoms with Gasteiger partial charge in [0.15, 0.2) is 0 Å². The van der Waals surface area contributed by atoms with E-state index in [1.54, 1.807) is 0 Å². The van der Waals surface area contributed by atoms with E-state index >= 15 is 0 Å². The molecule has 0 atom stereocenters. The van der Waals surface area contributed by atoms with Gasteiger partial charge < -0.3 is 5.32 Å². The molecule has 0 saturated heterocycles. The second kappa shape index (κ2) is 5.37. The predicted molar refractivity (Wildman–Crippen MR) is 77.1 cm³/mol. The van der Waals surface area contributed by atoms with Crippen LogP contribution in [0.4, 0.5) is 5.69 Å². The molecule has 0 aliphatic heterocycles. The topological polar surface area (TPSA) is 24.4 Å². The lowest BCUT2D eigenvalue weighted by molar-refractivity contribution is 0.584. The Morgan fingerprint density at radius 3 is 2.35 bits per heavy atom. The Kier molecular flexibility index (Phi) is 4.35. The Morgan fingerprint density at radius 1 is 1.29 bits per heavy atom. The summed E-state index contributed by atoms with van der Waals surface area (Å²) in [5.74, 6) is 0.769. The summed E-state index contributed by atoms with van der Waals surface area (Å²) in [5, 5.41) is 3.90. The lowest BCUT2D eigenvalue weighted by Gasteiger charge is -2.18. The van der Waals surface area contributed by atoms with Crippen molar-refractivity contribution >= 4 is 23.1 Å². The van der Waals surface area contributed by atoms with E-state index in [1.165, 1.54) is 0 Å². The summed E-state index contributed by atoms with van der Waals surface area (Å²) >= 11 is 6.10. The Hall–Kier alpha value is -1.28. The molecule has 0 bridgehead atoms. The van der Waals surface area contributed by atoms with Gasteiger partial charge in [-0.3, -0.25) is 4.99 Å². The molecule has 0 heterocycles. The van der Waals surface area contributed by atoms with Crippen LogP contribution in [0.3, 0.4) is 0 Å². The van der Waals surface area contributed by atoms with Crippen molar-refractivity contribution in [2.75, 3.05) is 5.32 Å². The molecular weight excluding hydrogens is 232 g/mol. The average molecular weight is 251 g/mol. The van der Waals surface area contributed by atoms with Crippen LogP contribution in [0, 0.1) is 0 Å². The number of rotatable bonds is 2. The maximum Gasteiger partial charge on any atom is 0.128 e. The van der Waals surface area contributed by atoms with E-state index in [2.05, 4.69) is 16.9 Å². The zero-order chi connectivity index (χ0) is 13.1. The monoisotopic (exact) mass is 250 g/mol. The maximum atomic E-state index is 6.10. The molecule has 92 valence electrons. The molecule has 0 amide bonds. The SMILES string of the molecule is C=C(C)C(=NC(C)(C)C)Nc1ccccc1Cl. The normalized spacial score (nSPS) is 12.4. The van der Waals surface area contributed by atoms with Crippen LogP contribution in [0.15, 0.2) is 41.4 Å². The first-order valence-corrected chi connectivity index (χ1v) is 5.95. The number of nitrogens with zero attached hydrogens (tertiary/aromatic N) is 1. The molecule has 2 nitrogen and oxygen atoms in total. The maximum absolute atomic E-state index is 6.10. The molecule has 0 aliphatic carbocycles. The standard InChI is InChI=1S/C14H19ClN2/c1-10(2)13(17-14(3,4)5)16-12-9-7-6-8-11(12)15/h6-9H,1H2,2-5H3,(H,16,17). The third-order valence-electron chi connectivity index (χ3n) is 1.98. The number of para-hydroxylation sites is 1. The minimum Gasteiger partial charge on any atom is -0.339 e. The van der Waals surface area contributed by atoms with E-state index in [0.29, 0.717) is 5.02 Å². The highest BCUT2D eigenvalue weighted by molar-refractivity contribution is 6.34.